The van der Waals surface area contributed by atoms with Crippen LogP contribution in [0, 0.1) is 5.92 Å². The van der Waals surface area contributed by atoms with Gasteiger partial charge in [0.25, 0.3) is 5.91 Å². The molecule has 3 aliphatic rings. The van der Waals surface area contributed by atoms with E-state index in [0.29, 0.717) is 29.2 Å². The maximum Gasteiger partial charge on any atom is 0.296 e. The smallest absolute Gasteiger partial charge is 0.296 e. The van der Waals surface area contributed by atoms with Crippen LogP contribution in [0.4, 0.5) is 5.95 Å². The van der Waals surface area contributed by atoms with Gasteiger partial charge in [0.05, 0.1) is 18.1 Å². The number of nitrogens with zero attached hydrogens (tertiary/aromatic N) is 4. The summed E-state index contributed by atoms with van der Waals surface area (Å²) in [5.41, 5.74) is -0.0591. The molecule has 0 bridgehead atoms. The molecular weight excluding hydrogens is 380 g/mol. The molecule has 0 saturated heterocycles. The summed E-state index contributed by atoms with van der Waals surface area (Å²) in [7, 11) is 0. The first-order valence-electron chi connectivity index (χ1n) is 11.2. The fourth-order valence-corrected chi connectivity index (χ4v) is 6.13. The SMILES string of the molecule is O=C(c1ccco1)N1c2nc(-c3ccco3)nn2C2(CCCCC2)C2CCCCC21. The lowest BCUT2D eigenvalue weighted by Crippen LogP contribution is -2.61. The number of carbonyl (C=O) groups excluding carboxylic acids is 1. The Hall–Kier alpha value is -2.83. The largest absolute Gasteiger partial charge is 0.461 e. The Morgan fingerprint density at radius 3 is 2.57 bits per heavy atom. The summed E-state index contributed by atoms with van der Waals surface area (Å²) >= 11 is 0. The minimum absolute atomic E-state index is 0.0591. The molecule has 1 amide bonds. The highest BCUT2D eigenvalue weighted by atomic mass is 16.3. The van der Waals surface area contributed by atoms with Crippen LogP contribution in [-0.4, -0.2) is 26.7 Å². The Kier molecular flexibility index (Phi) is 4.11. The van der Waals surface area contributed by atoms with Crippen LogP contribution < -0.4 is 4.90 Å². The first kappa shape index (κ1) is 18.0. The van der Waals surface area contributed by atoms with Crippen molar-refractivity contribution >= 4 is 11.9 Å². The van der Waals surface area contributed by atoms with Crippen molar-refractivity contribution in [2.45, 2.75) is 69.4 Å². The average Bonchev–Trinajstić information content (AvgIpc) is 3.56. The number of carbonyl (C=O) groups is 1. The van der Waals surface area contributed by atoms with E-state index in [4.69, 9.17) is 18.9 Å². The van der Waals surface area contributed by atoms with Crippen LogP contribution in [0.15, 0.2) is 45.6 Å². The molecule has 2 fully saturated rings. The highest BCUT2D eigenvalue weighted by Crippen LogP contribution is 2.53. The van der Waals surface area contributed by atoms with Crippen molar-refractivity contribution in [3.05, 3.63) is 42.6 Å². The van der Waals surface area contributed by atoms with E-state index in [1.54, 1.807) is 24.7 Å². The van der Waals surface area contributed by atoms with E-state index in [9.17, 15) is 4.79 Å². The second-order valence-electron chi connectivity index (χ2n) is 8.90. The average molecular weight is 406 g/mol. The minimum Gasteiger partial charge on any atom is -0.461 e. The van der Waals surface area contributed by atoms with Gasteiger partial charge in [-0.3, -0.25) is 9.69 Å². The van der Waals surface area contributed by atoms with Crippen molar-refractivity contribution in [2.24, 2.45) is 5.92 Å². The molecule has 2 aliphatic carbocycles. The van der Waals surface area contributed by atoms with Gasteiger partial charge >= 0.3 is 0 Å². The summed E-state index contributed by atoms with van der Waals surface area (Å²) in [4.78, 5) is 20.3. The summed E-state index contributed by atoms with van der Waals surface area (Å²) in [5, 5.41) is 4.96. The molecule has 3 aromatic heterocycles. The second-order valence-corrected chi connectivity index (χ2v) is 8.90. The van der Waals surface area contributed by atoms with Crippen LogP contribution in [0.25, 0.3) is 11.6 Å². The van der Waals surface area contributed by atoms with Crippen LogP contribution >= 0.6 is 0 Å². The molecule has 2 unspecified atom stereocenters. The van der Waals surface area contributed by atoms with Crippen molar-refractivity contribution < 1.29 is 13.6 Å². The zero-order valence-electron chi connectivity index (χ0n) is 17.0. The van der Waals surface area contributed by atoms with E-state index in [1.807, 2.05) is 17.0 Å². The van der Waals surface area contributed by atoms with Gasteiger partial charge in [0, 0.05) is 12.0 Å². The van der Waals surface area contributed by atoms with Gasteiger partial charge in [-0.15, -0.1) is 5.10 Å². The Morgan fingerprint density at radius 1 is 1.00 bits per heavy atom. The molecule has 6 rings (SSSR count). The molecule has 2 atom stereocenters. The molecule has 0 aromatic carbocycles. The van der Waals surface area contributed by atoms with Gasteiger partial charge in [0.1, 0.15) is 0 Å². The maximum absolute atomic E-state index is 13.6. The molecular formula is C23H26N4O3. The normalized spacial score (nSPS) is 25.1. The Balaban J connectivity index is 1.55. The number of rotatable bonds is 2. The number of fused-ring (bicyclic) bond motifs is 4. The van der Waals surface area contributed by atoms with Crippen molar-refractivity contribution in [3.8, 4) is 11.6 Å². The fraction of sp³-hybridized carbons (Fsp3) is 0.522. The molecule has 0 radical (unpaired) electrons. The minimum atomic E-state index is -0.123. The number of furan rings is 2. The molecule has 4 heterocycles. The van der Waals surface area contributed by atoms with Crippen LogP contribution in [0.2, 0.25) is 0 Å². The third kappa shape index (κ3) is 2.53. The second kappa shape index (κ2) is 6.86. The maximum atomic E-state index is 13.6. The molecule has 30 heavy (non-hydrogen) atoms. The molecule has 2 saturated carbocycles. The van der Waals surface area contributed by atoms with Gasteiger partial charge in [-0.05, 0) is 49.9 Å². The molecule has 3 aromatic rings. The third-order valence-electron chi connectivity index (χ3n) is 7.39. The monoisotopic (exact) mass is 406 g/mol. The van der Waals surface area contributed by atoms with E-state index in [0.717, 1.165) is 32.1 Å². The number of anilines is 1. The highest BCUT2D eigenvalue weighted by Gasteiger charge is 2.55. The van der Waals surface area contributed by atoms with E-state index >= 15 is 0 Å². The quantitative estimate of drug-likeness (QED) is 0.598. The highest BCUT2D eigenvalue weighted by molar-refractivity contribution is 6.04. The molecule has 7 heteroatoms. The van der Waals surface area contributed by atoms with E-state index in [2.05, 4.69) is 4.68 Å². The van der Waals surface area contributed by atoms with Crippen LogP contribution in [0.3, 0.4) is 0 Å². The van der Waals surface area contributed by atoms with Gasteiger partial charge in [-0.25, -0.2) is 4.68 Å². The lowest BCUT2D eigenvalue weighted by Gasteiger charge is -2.55. The van der Waals surface area contributed by atoms with Crippen molar-refractivity contribution in [2.75, 3.05) is 4.90 Å². The van der Waals surface area contributed by atoms with Crippen molar-refractivity contribution in [1.29, 1.82) is 0 Å². The zero-order chi connectivity index (χ0) is 20.1. The lowest BCUT2D eigenvalue weighted by molar-refractivity contribution is 0.0309. The van der Waals surface area contributed by atoms with Crippen LogP contribution in [-0.2, 0) is 5.54 Å². The van der Waals surface area contributed by atoms with Crippen molar-refractivity contribution in [1.82, 2.24) is 14.8 Å². The van der Waals surface area contributed by atoms with E-state index < -0.39 is 0 Å². The van der Waals surface area contributed by atoms with Crippen LogP contribution in [0.5, 0.6) is 0 Å². The predicted molar refractivity (Wildman–Crippen MR) is 110 cm³/mol. The number of hydrogen-bond donors (Lipinski definition) is 0. The Morgan fingerprint density at radius 2 is 1.80 bits per heavy atom. The number of aromatic nitrogens is 3. The summed E-state index contributed by atoms with van der Waals surface area (Å²) < 4.78 is 13.2. The summed E-state index contributed by atoms with van der Waals surface area (Å²) in [5.74, 6) is 2.46. The topological polar surface area (TPSA) is 77.3 Å². The standard InChI is InChI=1S/C23H26N4O3/c28-21(19-11-7-15-30-19)26-17-9-3-2-8-16(17)23(12-4-1-5-13-23)27-22(26)24-20(25-27)18-10-6-14-29-18/h6-7,10-11,14-17H,1-5,8-9,12-13H2. The van der Waals surface area contributed by atoms with Gasteiger partial charge in [-0.1, -0.05) is 32.1 Å². The third-order valence-corrected chi connectivity index (χ3v) is 7.39. The van der Waals surface area contributed by atoms with Gasteiger partial charge < -0.3 is 8.83 Å². The fourth-order valence-electron chi connectivity index (χ4n) is 6.13. The van der Waals surface area contributed by atoms with E-state index in [-0.39, 0.29) is 17.5 Å². The number of amides is 1. The first-order chi connectivity index (χ1) is 14.8. The van der Waals surface area contributed by atoms with Gasteiger partial charge in [0.2, 0.25) is 11.8 Å². The summed E-state index contributed by atoms with van der Waals surface area (Å²) in [6.07, 6.45) is 13.5. The van der Waals surface area contributed by atoms with Gasteiger partial charge in [-0.2, -0.15) is 4.98 Å². The number of hydrogen-bond acceptors (Lipinski definition) is 5. The van der Waals surface area contributed by atoms with Crippen LogP contribution in [0.1, 0.15) is 68.3 Å². The van der Waals surface area contributed by atoms with Crippen molar-refractivity contribution in [3.63, 3.8) is 0 Å². The molecule has 1 spiro atoms. The predicted octanol–water partition coefficient (Wildman–Crippen LogP) is 5.01. The van der Waals surface area contributed by atoms with E-state index in [1.165, 1.54) is 25.7 Å². The summed E-state index contributed by atoms with van der Waals surface area (Å²) in [6, 6.07) is 7.35. The zero-order valence-corrected chi connectivity index (χ0v) is 17.0. The molecule has 0 N–H and O–H groups in total. The molecule has 7 nitrogen and oxygen atoms in total. The molecule has 156 valence electrons. The lowest BCUT2D eigenvalue weighted by atomic mass is 9.64. The first-order valence-corrected chi connectivity index (χ1v) is 11.2. The van der Waals surface area contributed by atoms with Gasteiger partial charge in [0.15, 0.2) is 11.5 Å². The molecule has 1 aliphatic heterocycles. The summed E-state index contributed by atoms with van der Waals surface area (Å²) in [6.45, 7) is 0. The Bertz CT molecular complexity index is 1030. The Labute approximate surface area is 175 Å².